The van der Waals surface area contributed by atoms with E-state index in [4.69, 9.17) is 10.00 Å². The highest BCUT2D eigenvalue weighted by molar-refractivity contribution is 6.22. The molecule has 124 valence electrons. The van der Waals surface area contributed by atoms with Crippen LogP contribution in [-0.2, 0) is 0 Å². The number of ether oxygens (including phenoxy) is 1. The van der Waals surface area contributed by atoms with E-state index in [9.17, 15) is 14.4 Å². The molecule has 0 aliphatic carbocycles. The first kappa shape index (κ1) is 16.2. The van der Waals surface area contributed by atoms with Crippen molar-refractivity contribution in [3.05, 3.63) is 59.2 Å². The van der Waals surface area contributed by atoms with Crippen molar-refractivity contribution in [2.24, 2.45) is 0 Å². The molecule has 0 aromatic heterocycles. The van der Waals surface area contributed by atoms with Gasteiger partial charge in [0.25, 0.3) is 17.7 Å². The highest BCUT2D eigenvalue weighted by Gasteiger charge is 2.35. The zero-order chi connectivity index (χ0) is 18.0. The molecule has 1 heterocycles. The summed E-state index contributed by atoms with van der Waals surface area (Å²) >= 11 is 0. The Balaban J connectivity index is 1.87. The molecule has 7 heteroatoms. The lowest BCUT2D eigenvalue weighted by Crippen LogP contribution is -2.29. The number of benzene rings is 2. The summed E-state index contributed by atoms with van der Waals surface area (Å²) in [6.07, 6.45) is 0. The fraction of sp³-hybridized carbons (Fsp3) is 0.111. The average Bonchev–Trinajstić information content (AvgIpc) is 2.86. The number of hydrogen-bond acceptors (Lipinski definition) is 5. The second-order valence-electron chi connectivity index (χ2n) is 5.27. The summed E-state index contributed by atoms with van der Waals surface area (Å²) in [5, 5.41) is 11.4. The summed E-state index contributed by atoms with van der Waals surface area (Å²) in [6, 6.07) is 13.0. The van der Waals surface area contributed by atoms with Crippen molar-refractivity contribution < 1.29 is 19.1 Å². The number of amides is 3. The first-order chi connectivity index (χ1) is 12.1. The average molecular weight is 335 g/mol. The van der Waals surface area contributed by atoms with Crippen LogP contribution in [0.2, 0.25) is 0 Å². The Labute approximate surface area is 143 Å². The van der Waals surface area contributed by atoms with Crippen molar-refractivity contribution in [3.63, 3.8) is 0 Å². The Bertz CT molecular complexity index is 930. The summed E-state index contributed by atoms with van der Waals surface area (Å²) in [5.41, 5.74) is 1.10. The number of anilines is 1. The predicted octanol–water partition coefficient (Wildman–Crippen LogP) is 2.07. The molecule has 0 unspecified atom stereocenters. The number of carbonyl (C=O) groups excluding carboxylic acids is 3. The van der Waals surface area contributed by atoms with Crippen LogP contribution in [0.5, 0.6) is 5.75 Å². The Morgan fingerprint density at radius 2 is 1.88 bits per heavy atom. The van der Waals surface area contributed by atoms with Gasteiger partial charge in [0.1, 0.15) is 12.3 Å². The molecule has 1 aliphatic heterocycles. The smallest absolute Gasteiger partial charge is 0.262 e. The highest BCUT2D eigenvalue weighted by atomic mass is 16.5. The van der Waals surface area contributed by atoms with Gasteiger partial charge in [0.2, 0.25) is 0 Å². The van der Waals surface area contributed by atoms with Crippen LogP contribution < -0.4 is 10.1 Å². The molecule has 0 saturated carbocycles. The number of nitrogens with zero attached hydrogens (tertiary/aromatic N) is 2. The van der Waals surface area contributed by atoms with Gasteiger partial charge in [-0.05, 0) is 30.3 Å². The van der Waals surface area contributed by atoms with Crippen molar-refractivity contribution in [3.8, 4) is 11.8 Å². The third-order valence-electron chi connectivity index (χ3n) is 3.81. The van der Waals surface area contributed by atoms with Crippen LogP contribution in [0.3, 0.4) is 0 Å². The third kappa shape index (κ3) is 2.81. The van der Waals surface area contributed by atoms with Crippen molar-refractivity contribution in [2.75, 3.05) is 19.0 Å². The number of rotatable bonds is 4. The molecular formula is C18H13N3O4. The Morgan fingerprint density at radius 3 is 2.60 bits per heavy atom. The largest absolute Gasteiger partial charge is 0.496 e. The molecule has 3 rings (SSSR count). The van der Waals surface area contributed by atoms with Gasteiger partial charge in [-0.3, -0.25) is 19.3 Å². The van der Waals surface area contributed by atoms with E-state index in [1.165, 1.54) is 25.3 Å². The molecule has 2 aromatic rings. The van der Waals surface area contributed by atoms with Crippen LogP contribution in [0, 0.1) is 11.3 Å². The van der Waals surface area contributed by atoms with E-state index in [0.29, 0.717) is 17.0 Å². The van der Waals surface area contributed by atoms with E-state index < -0.39 is 17.7 Å². The van der Waals surface area contributed by atoms with Crippen molar-refractivity contribution in [1.82, 2.24) is 4.90 Å². The third-order valence-corrected chi connectivity index (χ3v) is 3.81. The van der Waals surface area contributed by atoms with Crippen LogP contribution >= 0.6 is 0 Å². The second kappa shape index (κ2) is 6.45. The molecular weight excluding hydrogens is 322 g/mol. The summed E-state index contributed by atoms with van der Waals surface area (Å²) < 4.78 is 5.15. The standard InChI is InChI=1S/C18H13N3O4/c1-25-15-5-3-2-4-13(15)16(22)20-11-6-7-12-14(10-11)18(24)21(9-8-19)17(12)23/h2-7,10H,9H2,1H3,(H,20,22). The normalized spacial score (nSPS) is 12.6. The van der Waals surface area contributed by atoms with Crippen LogP contribution in [0.15, 0.2) is 42.5 Å². The molecule has 7 nitrogen and oxygen atoms in total. The number of carbonyl (C=O) groups is 3. The predicted molar refractivity (Wildman–Crippen MR) is 88.4 cm³/mol. The molecule has 0 fully saturated rings. The van der Waals surface area contributed by atoms with E-state index >= 15 is 0 Å². The van der Waals surface area contributed by atoms with E-state index in [2.05, 4.69) is 5.32 Å². The Morgan fingerprint density at radius 1 is 1.16 bits per heavy atom. The SMILES string of the molecule is COc1ccccc1C(=O)Nc1ccc2c(c1)C(=O)N(CC#N)C2=O. The quantitative estimate of drug-likeness (QED) is 0.681. The molecule has 0 saturated heterocycles. The number of nitriles is 1. The number of fused-ring (bicyclic) bond motifs is 1. The minimum atomic E-state index is -0.546. The monoisotopic (exact) mass is 335 g/mol. The van der Waals surface area contributed by atoms with Gasteiger partial charge in [-0.25, -0.2) is 0 Å². The molecule has 0 radical (unpaired) electrons. The number of imide groups is 1. The van der Waals surface area contributed by atoms with Gasteiger partial charge < -0.3 is 10.1 Å². The summed E-state index contributed by atoms with van der Waals surface area (Å²) in [6.45, 7) is -0.310. The van der Waals surface area contributed by atoms with Crippen LogP contribution in [0.1, 0.15) is 31.1 Å². The number of nitrogens with one attached hydrogen (secondary N) is 1. The molecule has 1 N–H and O–H groups in total. The summed E-state index contributed by atoms with van der Waals surface area (Å²) in [4.78, 5) is 37.6. The van der Waals surface area contributed by atoms with Gasteiger partial charge >= 0.3 is 0 Å². The molecule has 25 heavy (non-hydrogen) atoms. The van der Waals surface area contributed by atoms with Gasteiger partial charge in [-0.1, -0.05) is 12.1 Å². The second-order valence-corrected chi connectivity index (χ2v) is 5.27. The van der Waals surface area contributed by atoms with Crippen molar-refractivity contribution in [1.29, 1.82) is 5.26 Å². The van der Waals surface area contributed by atoms with E-state index in [-0.39, 0.29) is 17.7 Å². The minimum absolute atomic E-state index is 0.165. The zero-order valence-corrected chi connectivity index (χ0v) is 13.3. The zero-order valence-electron chi connectivity index (χ0n) is 13.3. The fourth-order valence-corrected chi connectivity index (χ4v) is 2.61. The van der Waals surface area contributed by atoms with E-state index in [0.717, 1.165) is 4.90 Å². The lowest BCUT2D eigenvalue weighted by molar-refractivity contribution is 0.0673. The molecule has 2 aromatic carbocycles. The summed E-state index contributed by atoms with van der Waals surface area (Å²) in [7, 11) is 1.47. The number of para-hydroxylation sites is 1. The topological polar surface area (TPSA) is 99.5 Å². The van der Waals surface area contributed by atoms with Crippen LogP contribution in [0.4, 0.5) is 5.69 Å². The number of hydrogen-bond donors (Lipinski definition) is 1. The molecule has 3 amide bonds. The molecule has 0 spiro atoms. The summed E-state index contributed by atoms with van der Waals surface area (Å²) in [5.74, 6) is -1.03. The molecule has 0 bridgehead atoms. The lowest BCUT2D eigenvalue weighted by Gasteiger charge is -2.09. The number of methoxy groups -OCH3 is 1. The first-order valence-electron chi connectivity index (χ1n) is 7.38. The lowest BCUT2D eigenvalue weighted by atomic mass is 10.1. The van der Waals surface area contributed by atoms with Gasteiger partial charge in [-0.15, -0.1) is 0 Å². The molecule has 1 aliphatic rings. The van der Waals surface area contributed by atoms with Gasteiger partial charge in [-0.2, -0.15) is 5.26 Å². The van der Waals surface area contributed by atoms with Gasteiger partial charge in [0, 0.05) is 5.69 Å². The fourth-order valence-electron chi connectivity index (χ4n) is 2.61. The van der Waals surface area contributed by atoms with Gasteiger partial charge in [0.05, 0.1) is 29.9 Å². The van der Waals surface area contributed by atoms with Crippen molar-refractivity contribution in [2.45, 2.75) is 0 Å². The van der Waals surface area contributed by atoms with Gasteiger partial charge in [0.15, 0.2) is 0 Å². The maximum absolute atomic E-state index is 12.4. The maximum Gasteiger partial charge on any atom is 0.262 e. The van der Waals surface area contributed by atoms with Crippen molar-refractivity contribution >= 4 is 23.4 Å². The maximum atomic E-state index is 12.4. The Kier molecular flexibility index (Phi) is 4.18. The Hall–Kier alpha value is -3.66. The highest BCUT2D eigenvalue weighted by Crippen LogP contribution is 2.26. The van der Waals surface area contributed by atoms with Crippen LogP contribution in [-0.4, -0.2) is 36.3 Å². The first-order valence-corrected chi connectivity index (χ1v) is 7.38. The van der Waals surface area contributed by atoms with E-state index in [1.807, 2.05) is 0 Å². The van der Waals surface area contributed by atoms with Crippen LogP contribution in [0.25, 0.3) is 0 Å². The minimum Gasteiger partial charge on any atom is -0.496 e. The molecule has 0 atom stereocenters. The van der Waals surface area contributed by atoms with E-state index in [1.54, 1.807) is 30.3 Å².